The number of alkyl halides is 3. The van der Waals surface area contributed by atoms with Crippen LogP contribution in [0.1, 0.15) is 5.56 Å². The number of rotatable bonds is 3. The van der Waals surface area contributed by atoms with Crippen molar-refractivity contribution in [3.63, 3.8) is 0 Å². The van der Waals surface area contributed by atoms with Gasteiger partial charge in [-0.3, -0.25) is 20.4 Å². The second-order valence-corrected chi connectivity index (χ2v) is 4.61. The summed E-state index contributed by atoms with van der Waals surface area (Å²) in [6.07, 6.45) is -5.06. The van der Waals surface area contributed by atoms with Crippen LogP contribution in [-0.2, 0) is 9.59 Å². The van der Waals surface area contributed by atoms with Gasteiger partial charge in [-0.15, -0.1) is 0 Å². The molecule has 0 radical (unpaired) electrons. The Bertz CT molecular complexity index is 520. The van der Waals surface area contributed by atoms with Gasteiger partial charge < -0.3 is 4.74 Å². The monoisotopic (exact) mass is 354 g/mol. The minimum absolute atomic E-state index is 0.408. The highest BCUT2D eigenvalue weighted by Crippen LogP contribution is 2.21. The van der Waals surface area contributed by atoms with E-state index in [9.17, 15) is 22.8 Å². The molecule has 110 valence electrons. The summed E-state index contributed by atoms with van der Waals surface area (Å²) in [5.74, 6) is -2.76. The maximum Gasteiger partial charge on any atom is 0.472 e. The number of aryl methyl sites for hydroxylation is 1. The average molecular weight is 355 g/mol. The molecule has 1 rings (SSSR count). The van der Waals surface area contributed by atoms with Crippen LogP contribution in [0.15, 0.2) is 22.7 Å². The van der Waals surface area contributed by atoms with Gasteiger partial charge in [0.1, 0.15) is 5.75 Å². The molecule has 2 N–H and O–H groups in total. The molecule has 1 aromatic carbocycles. The fraction of sp³-hybridized carbons (Fsp3) is 0.273. The molecule has 9 heteroatoms. The molecule has 0 aromatic heterocycles. The van der Waals surface area contributed by atoms with Crippen molar-refractivity contribution >= 4 is 27.7 Å². The molecule has 0 saturated heterocycles. The summed E-state index contributed by atoms with van der Waals surface area (Å²) in [7, 11) is 0. The van der Waals surface area contributed by atoms with Crippen LogP contribution < -0.4 is 15.6 Å². The number of ether oxygens (including phenoxy) is 1. The van der Waals surface area contributed by atoms with Crippen LogP contribution in [0.5, 0.6) is 5.75 Å². The fourth-order valence-electron chi connectivity index (χ4n) is 1.15. The van der Waals surface area contributed by atoms with Crippen molar-refractivity contribution in [2.75, 3.05) is 6.61 Å². The van der Waals surface area contributed by atoms with Crippen LogP contribution in [0, 0.1) is 6.92 Å². The lowest BCUT2D eigenvalue weighted by molar-refractivity contribution is -0.175. The molecule has 0 fully saturated rings. The molecule has 0 heterocycles. The lowest BCUT2D eigenvalue weighted by atomic mass is 10.2. The van der Waals surface area contributed by atoms with Gasteiger partial charge in [0.25, 0.3) is 5.91 Å². The van der Waals surface area contributed by atoms with E-state index < -0.39 is 24.6 Å². The second-order valence-electron chi connectivity index (χ2n) is 3.70. The summed E-state index contributed by atoms with van der Waals surface area (Å²) in [4.78, 5) is 21.6. The average Bonchev–Trinajstić information content (AvgIpc) is 2.33. The highest BCUT2D eigenvalue weighted by molar-refractivity contribution is 9.10. The molecule has 2 amide bonds. The predicted molar refractivity (Wildman–Crippen MR) is 66.7 cm³/mol. The molecular formula is C11H10BrF3N2O3. The van der Waals surface area contributed by atoms with E-state index >= 15 is 0 Å². The summed E-state index contributed by atoms with van der Waals surface area (Å²) in [5, 5.41) is 0. The minimum Gasteiger partial charge on any atom is -0.483 e. The lowest BCUT2D eigenvalue weighted by Crippen LogP contribution is -2.49. The second kappa shape index (κ2) is 6.60. The summed E-state index contributed by atoms with van der Waals surface area (Å²) in [5.41, 5.74) is 3.57. The summed E-state index contributed by atoms with van der Waals surface area (Å²) in [6.45, 7) is 1.21. The topological polar surface area (TPSA) is 67.4 Å². The van der Waals surface area contributed by atoms with Crippen LogP contribution in [-0.4, -0.2) is 24.6 Å². The minimum atomic E-state index is -5.06. The van der Waals surface area contributed by atoms with Crippen LogP contribution in [0.4, 0.5) is 13.2 Å². The molecule has 1 aromatic rings. The van der Waals surface area contributed by atoms with Gasteiger partial charge in [-0.25, -0.2) is 0 Å². The van der Waals surface area contributed by atoms with Crippen molar-refractivity contribution in [3.8, 4) is 5.75 Å². The normalized spacial score (nSPS) is 10.8. The van der Waals surface area contributed by atoms with Gasteiger partial charge >= 0.3 is 12.1 Å². The number of carbonyl (C=O) groups excluding carboxylic acids is 2. The summed E-state index contributed by atoms with van der Waals surface area (Å²) < 4.78 is 41.5. The molecule has 0 aliphatic heterocycles. The van der Waals surface area contributed by atoms with Crippen molar-refractivity contribution in [2.24, 2.45) is 0 Å². The number of carbonyl (C=O) groups is 2. The van der Waals surface area contributed by atoms with E-state index in [2.05, 4.69) is 15.9 Å². The van der Waals surface area contributed by atoms with Gasteiger partial charge in [0.15, 0.2) is 6.61 Å². The number of benzene rings is 1. The SMILES string of the molecule is Cc1cc(Br)ccc1OCC(=O)NNC(=O)C(F)(F)F. The van der Waals surface area contributed by atoms with Gasteiger partial charge in [-0.2, -0.15) is 13.2 Å². The van der Waals surface area contributed by atoms with E-state index in [4.69, 9.17) is 4.74 Å². The molecule has 0 spiro atoms. The van der Waals surface area contributed by atoms with Crippen LogP contribution in [0.3, 0.4) is 0 Å². The van der Waals surface area contributed by atoms with Crippen molar-refractivity contribution in [1.82, 2.24) is 10.9 Å². The first-order valence-corrected chi connectivity index (χ1v) is 6.04. The first-order chi connectivity index (χ1) is 9.20. The van der Waals surface area contributed by atoms with Crippen LogP contribution in [0.2, 0.25) is 0 Å². The van der Waals surface area contributed by atoms with E-state index in [-0.39, 0.29) is 0 Å². The van der Waals surface area contributed by atoms with Gasteiger partial charge in [0.2, 0.25) is 0 Å². The Hall–Kier alpha value is -1.77. The molecule has 20 heavy (non-hydrogen) atoms. The number of halogens is 4. The van der Waals surface area contributed by atoms with Crippen LogP contribution in [0.25, 0.3) is 0 Å². The van der Waals surface area contributed by atoms with Gasteiger partial charge in [-0.05, 0) is 30.7 Å². The van der Waals surface area contributed by atoms with Crippen LogP contribution >= 0.6 is 15.9 Å². The standard InChI is InChI=1S/C11H10BrF3N2O3/c1-6-4-7(12)2-3-8(6)20-5-9(18)16-17-10(19)11(13,14)15/h2-4H,5H2,1H3,(H,16,18)(H,17,19). The molecule has 0 atom stereocenters. The highest BCUT2D eigenvalue weighted by Gasteiger charge is 2.38. The number of hydrazine groups is 1. The Balaban J connectivity index is 2.42. The number of hydrogen-bond donors (Lipinski definition) is 2. The Morgan fingerprint density at radius 2 is 1.95 bits per heavy atom. The zero-order chi connectivity index (χ0) is 15.3. The van der Waals surface area contributed by atoms with Gasteiger partial charge in [0, 0.05) is 4.47 Å². The first kappa shape index (κ1) is 16.3. The molecule has 0 aliphatic carbocycles. The van der Waals surface area contributed by atoms with Gasteiger partial charge in [0.05, 0.1) is 0 Å². The zero-order valence-corrected chi connectivity index (χ0v) is 11.8. The largest absolute Gasteiger partial charge is 0.483 e. The van der Waals surface area contributed by atoms with E-state index in [0.29, 0.717) is 5.75 Å². The Morgan fingerprint density at radius 1 is 1.30 bits per heavy atom. The van der Waals surface area contributed by atoms with E-state index in [1.807, 2.05) is 0 Å². The van der Waals surface area contributed by atoms with Crippen molar-refractivity contribution in [1.29, 1.82) is 0 Å². The van der Waals surface area contributed by atoms with Crippen molar-refractivity contribution < 1.29 is 27.5 Å². The van der Waals surface area contributed by atoms with Gasteiger partial charge in [-0.1, -0.05) is 15.9 Å². The number of nitrogens with one attached hydrogen (secondary N) is 2. The molecule has 0 unspecified atom stereocenters. The van der Waals surface area contributed by atoms with E-state index in [0.717, 1.165) is 10.0 Å². The molecule has 0 aliphatic rings. The third-order valence-corrected chi connectivity index (χ3v) is 2.56. The summed E-state index contributed by atoms with van der Waals surface area (Å²) >= 11 is 3.25. The third-order valence-electron chi connectivity index (χ3n) is 2.07. The quantitative estimate of drug-likeness (QED) is 0.814. The maximum absolute atomic E-state index is 11.8. The lowest BCUT2D eigenvalue weighted by Gasteiger charge is -2.11. The fourth-order valence-corrected chi connectivity index (χ4v) is 1.63. The smallest absolute Gasteiger partial charge is 0.472 e. The molecular weight excluding hydrogens is 345 g/mol. The third kappa shape index (κ3) is 5.08. The molecule has 0 bridgehead atoms. The Morgan fingerprint density at radius 3 is 2.50 bits per heavy atom. The molecule has 0 saturated carbocycles. The van der Waals surface area contributed by atoms with E-state index in [1.165, 1.54) is 5.43 Å². The maximum atomic E-state index is 11.8. The number of hydrogen-bond acceptors (Lipinski definition) is 3. The summed E-state index contributed by atoms with van der Waals surface area (Å²) in [6, 6.07) is 5.03. The Labute approximate surface area is 120 Å². The van der Waals surface area contributed by atoms with Crippen molar-refractivity contribution in [3.05, 3.63) is 28.2 Å². The number of amides is 2. The highest BCUT2D eigenvalue weighted by atomic mass is 79.9. The van der Waals surface area contributed by atoms with E-state index in [1.54, 1.807) is 30.5 Å². The van der Waals surface area contributed by atoms with Crippen molar-refractivity contribution in [2.45, 2.75) is 13.1 Å². The Kier molecular flexibility index (Phi) is 5.37. The predicted octanol–water partition coefficient (Wildman–Crippen LogP) is 1.85. The zero-order valence-electron chi connectivity index (χ0n) is 10.2. The molecule has 5 nitrogen and oxygen atoms in total. The first-order valence-electron chi connectivity index (χ1n) is 5.25.